The van der Waals surface area contributed by atoms with Crippen molar-refractivity contribution in [3.05, 3.63) is 65.7 Å². The first-order chi connectivity index (χ1) is 10.6. The lowest BCUT2D eigenvalue weighted by atomic mass is 9.95. The monoisotopic (exact) mass is 300 g/mol. The number of aliphatic hydroxyl groups excluding tert-OH is 2. The summed E-state index contributed by atoms with van der Waals surface area (Å²) in [7, 11) is 3.99. The molecule has 118 valence electrons. The van der Waals surface area contributed by atoms with Gasteiger partial charge in [-0.2, -0.15) is 0 Å². The lowest BCUT2D eigenvalue weighted by molar-refractivity contribution is 0.124. The van der Waals surface area contributed by atoms with Crippen LogP contribution >= 0.6 is 0 Å². The number of benzene rings is 2. The number of rotatable bonds is 7. The van der Waals surface area contributed by atoms with Crippen LogP contribution in [0.15, 0.2) is 54.6 Å². The van der Waals surface area contributed by atoms with Gasteiger partial charge in [0.25, 0.3) is 0 Å². The van der Waals surface area contributed by atoms with E-state index in [0.717, 1.165) is 16.8 Å². The van der Waals surface area contributed by atoms with Gasteiger partial charge >= 0.3 is 0 Å². The minimum absolute atomic E-state index is 0.0355. The lowest BCUT2D eigenvalue weighted by Crippen LogP contribution is -2.29. The van der Waals surface area contributed by atoms with Gasteiger partial charge in [-0.1, -0.05) is 42.5 Å². The molecule has 0 bridgehead atoms. The summed E-state index contributed by atoms with van der Waals surface area (Å²) in [5.74, 6) is 0. The zero-order valence-corrected chi connectivity index (χ0v) is 13.1. The molecule has 0 aliphatic carbocycles. The SMILES string of the molecule is CN(C)c1ccc(C(NCCO)C(O)c2ccccc2)cc1. The average Bonchev–Trinajstić information content (AvgIpc) is 2.56. The molecule has 0 saturated carbocycles. The summed E-state index contributed by atoms with van der Waals surface area (Å²) < 4.78 is 0. The van der Waals surface area contributed by atoms with E-state index in [2.05, 4.69) is 5.32 Å². The molecule has 0 aliphatic rings. The molecule has 0 aliphatic heterocycles. The van der Waals surface area contributed by atoms with E-state index in [9.17, 15) is 5.11 Å². The summed E-state index contributed by atoms with van der Waals surface area (Å²) in [4.78, 5) is 2.04. The van der Waals surface area contributed by atoms with E-state index in [0.29, 0.717) is 6.54 Å². The van der Waals surface area contributed by atoms with Crippen molar-refractivity contribution in [2.24, 2.45) is 0 Å². The Kier molecular flexibility index (Phi) is 5.95. The van der Waals surface area contributed by atoms with Crippen LogP contribution in [0.1, 0.15) is 23.3 Å². The molecule has 4 heteroatoms. The van der Waals surface area contributed by atoms with Gasteiger partial charge < -0.3 is 20.4 Å². The van der Waals surface area contributed by atoms with E-state index < -0.39 is 6.10 Å². The molecule has 0 saturated heterocycles. The third-order valence-corrected chi connectivity index (χ3v) is 3.70. The number of nitrogens with zero attached hydrogens (tertiary/aromatic N) is 1. The van der Waals surface area contributed by atoms with Gasteiger partial charge in [-0.05, 0) is 23.3 Å². The second-order valence-corrected chi connectivity index (χ2v) is 5.50. The molecule has 4 nitrogen and oxygen atoms in total. The Labute approximate surface area is 132 Å². The van der Waals surface area contributed by atoms with E-state index in [4.69, 9.17) is 5.11 Å². The van der Waals surface area contributed by atoms with Crippen LogP contribution in [0.25, 0.3) is 0 Å². The van der Waals surface area contributed by atoms with Gasteiger partial charge in [-0.25, -0.2) is 0 Å². The van der Waals surface area contributed by atoms with Crippen LogP contribution in [0.5, 0.6) is 0 Å². The van der Waals surface area contributed by atoms with Crippen LogP contribution in [0.3, 0.4) is 0 Å². The van der Waals surface area contributed by atoms with E-state index >= 15 is 0 Å². The second-order valence-electron chi connectivity index (χ2n) is 5.50. The largest absolute Gasteiger partial charge is 0.395 e. The first-order valence-corrected chi connectivity index (χ1v) is 7.48. The Morgan fingerprint density at radius 1 is 0.955 bits per heavy atom. The predicted octanol–water partition coefficient (Wildman–Crippen LogP) is 2.11. The average molecular weight is 300 g/mol. The van der Waals surface area contributed by atoms with Crippen LogP contribution in [0.2, 0.25) is 0 Å². The maximum absolute atomic E-state index is 10.7. The maximum Gasteiger partial charge on any atom is 0.0984 e. The summed E-state index contributed by atoms with van der Waals surface area (Å²) in [5.41, 5.74) is 2.96. The molecular formula is C18H24N2O2. The normalized spacial score (nSPS) is 13.6. The zero-order chi connectivity index (χ0) is 15.9. The minimum Gasteiger partial charge on any atom is -0.395 e. The molecule has 0 heterocycles. The number of hydrogen-bond acceptors (Lipinski definition) is 4. The number of hydrogen-bond donors (Lipinski definition) is 3. The Balaban J connectivity index is 2.25. The van der Waals surface area contributed by atoms with Crippen molar-refractivity contribution in [1.82, 2.24) is 5.32 Å². The molecule has 22 heavy (non-hydrogen) atoms. The number of nitrogens with one attached hydrogen (secondary N) is 1. The molecular weight excluding hydrogens is 276 g/mol. The summed E-state index contributed by atoms with van der Waals surface area (Å²) in [6, 6.07) is 17.4. The molecule has 0 spiro atoms. The highest BCUT2D eigenvalue weighted by Gasteiger charge is 2.22. The van der Waals surface area contributed by atoms with Gasteiger partial charge in [-0.3, -0.25) is 0 Å². The van der Waals surface area contributed by atoms with Crippen molar-refractivity contribution in [3.8, 4) is 0 Å². The Morgan fingerprint density at radius 2 is 1.59 bits per heavy atom. The van der Waals surface area contributed by atoms with E-state index in [-0.39, 0.29) is 12.6 Å². The lowest BCUT2D eigenvalue weighted by Gasteiger charge is -2.25. The highest BCUT2D eigenvalue weighted by molar-refractivity contribution is 5.46. The highest BCUT2D eigenvalue weighted by atomic mass is 16.3. The fraction of sp³-hybridized carbons (Fsp3) is 0.333. The first-order valence-electron chi connectivity index (χ1n) is 7.48. The van der Waals surface area contributed by atoms with Crippen molar-refractivity contribution >= 4 is 5.69 Å². The fourth-order valence-corrected chi connectivity index (χ4v) is 2.45. The van der Waals surface area contributed by atoms with Crippen molar-refractivity contribution < 1.29 is 10.2 Å². The predicted molar refractivity (Wildman–Crippen MR) is 90.0 cm³/mol. The summed E-state index contributed by atoms with van der Waals surface area (Å²) >= 11 is 0. The zero-order valence-electron chi connectivity index (χ0n) is 13.1. The van der Waals surface area contributed by atoms with Crippen LogP contribution in [-0.2, 0) is 0 Å². The maximum atomic E-state index is 10.7. The molecule has 2 unspecified atom stereocenters. The first kappa shape index (κ1) is 16.5. The molecule has 3 N–H and O–H groups in total. The third kappa shape index (κ3) is 4.07. The molecule has 2 rings (SSSR count). The van der Waals surface area contributed by atoms with Crippen molar-refractivity contribution in [2.45, 2.75) is 12.1 Å². The highest BCUT2D eigenvalue weighted by Crippen LogP contribution is 2.29. The van der Waals surface area contributed by atoms with Gasteiger partial charge in [0.1, 0.15) is 0 Å². The van der Waals surface area contributed by atoms with Crippen LogP contribution < -0.4 is 10.2 Å². The van der Waals surface area contributed by atoms with Gasteiger partial charge in [0, 0.05) is 26.3 Å². The summed E-state index contributed by atoms with van der Waals surface area (Å²) in [5, 5.41) is 23.0. The Hall–Kier alpha value is -1.88. The molecule has 2 aromatic rings. The Bertz CT molecular complexity index is 555. The second kappa shape index (κ2) is 7.94. The topological polar surface area (TPSA) is 55.7 Å². The standard InChI is InChI=1S/C18H24N2O2/c1-20(2)16-10-8-14(9-11-16)17(19-12-13-21)18(22)15-6-4-3-5-7-15/h3-11,17-19,21-22H,12-13H2,1-2H3. The number of aliphatic hydroxyl groups is 2. The van der Waals surface area contributed by atoms with Gasteiger partial charge in [0.05, 0.1) is 18.8 Å². The molecule has 0 radical (unpaired) electrons. The van der Waals surface area contributed by atoms with E-state index in [1.165, 1.54) is 0 Å². The fourth-order valence-electron chi connectivity index (χ4n) is 2.45. The third-order valence-electron chi connectivity index (χ3n) is 3.70. The summed E-state index contributed by atoms with van der Waals surface area (Å²) in [6.07, 6.45) is -0.669. The molecule has 0 aromatic heterocycles. The smallest absolute Gasteiger partial charge is 0.0984 e. The minimum atomic E-state index is -0.669. The van der Waals surface area contributed by atoms with Crippen molar-refractivity contribution in [1.29, 1.82) is 0 Å². The number of anilines is 1. The Morgan fingerprint density at radius 3 is 2.14 bits per heavy atom. The molecule has 2 atom stereocenters. The van der Waals surface area contributed by atoms with Gasteiger partial charge in [0.2, 0.25) is 0 Å². The van der Waals surface area contributed by atoms with E-state index in [1.807, 2.05) is 73.6 Å². The van der Waals surface area contributed by atoms with Crippen LogP contribution in [0.4, 0.5) is 5.69 Å². The van der Waals surface area contributed by atoms with Crippen molar-refractivity contribution in [2.75, 3.05) is 32.1 Å². The molecule has 0 fully saturated rings. The van der Waals surface area contributed by atoms with Crippen LogP contribution in [0, 0.1) is 0 Å². The summed E-state index contributed by atoms with van der Waals surface area (Å²) in [6.45, 7) is 0.470. The molecule has 2 aromatic carbocycles. The molecule has 0 amide bonds. The quantitative estimate of drug-likeness (QED) is 0.733. The van der Waals surface area contributed by atoms with E-state index in [1.54, 1.807) is 0 Å². The van der Waals surface area contributed by atoms with Gasteiger partial charge in [0.15, 0.2) is 0 Å². The van der Waals surface area contributed by atoms with Gasteiger partial charge in [-0.15, -0.1) is 0 Å². The van der Waals surface area contributed by atoms with Crippen molar-refractivity contribution in [3.63, 3.8) is 0 Å². The van der Waals surface area contributed by atoms with Crippen LogP contribution in [-0.4, -0.2) is 37.5 Å².